The number of fused-ring (bicyclic) bond motifs is 1. The van der Waals surface area contributed by atoms with Crippen molar-refractivity contribution in [3.05, 3.63) is 66.7 Å². The molecule has 1 atom stereocenters. The largest absolute Gasteiger partial charge is 0.387 e. The summed E-state index contributed by atoms with van der Waals surface area (Å²) in [6.07, 6.45) is 4.77. The summed E-state index contributed by atoms with van der Waals surface area (Å²) in [5.41, 5.74) is 0.960. The standard InChI is InChI=1S/C15H14N2O/c18-15(10-17-9-8-16-11-17)14-7-3-5-12-4-1-2-6-13(12)14/h1-9,11,15,18H,10H2. The number of imidazole rings is 1. The fourth-order valence-corrected chi connectivity index (χ4v) is 2.23. The quantitative estimate of drug-likeness (QED) is 0.762. The molecule has 0 fully saturated rings. The smallest absolute Gasteiger partial charge is 0.0975 e. The molecule has 3 nitrogen and oxygen atoms in total. The Bertz CT molecular complexity index is 641. The molecule has 0 saturated heterocycles. The van der Waals surface area contributed by atoms with Gasteiger partial charge in [-0.05, 0) is 16.3 Å². The lowest BCUT2D eigenvalue weighted by molar-refractivity contribution is 0.158. The number of aromatic nitrogens is 2. The first-order valence-electron chi connectivity index (χ1n) is 5.96. The number of nitrogens with zero attached hydrogens (tertiary/aromatic N) is 2. The molecule has 1 aromatic heterocycles. The van der Waals surface area contributed by atoms with Crippen molar-refractivity contribution < 1.29 is 5.11 Å². The lowest BCUT2D eigenvalue weighted by Gasteiger charge is -2.14. The minimum Gasteiger partial charge on any atom is -0.387 e. The van der Waals surface area contributed by atoms with Gasteiger partial charge in [0.2, 0.25) is 0 Å². The highest BCUT2D eigenvalue weighted by Gasteiger charge is 2.11. The number of benzene rings is 2. The summed E-state index contributed by atoms with van der Waals surface area (Å²) in [7, 11) is 0. The predicted octanol–water partition coefficient (Wildman–Crippen LogP) is 2.77. The average molecular weight is 238 g/mol. The molecular formula is C15H14N2O. The second-order valence-electron chi connectivity index (χ2n) is 4.34. The van der Waals surface area contributed by atoms with Crippen LogP contribution in [0.25, 0.3) is 10.8 Å². The molecule has 90 valence electrons. The maximum Gasteiger partial charge on any atom is 0.0975 e. The summed E-state index contributed by atoms with van der Waals surface area (Å²) in [6.45, 7) is 0.522. The van der Waals surface area contributed by atoms with E-state index in [-0.39, 0.29) is 0 Å². The fourth-order valence-electron chi connectivity index (χ4n) is 2.23. The molecule has 1 N–H and O–H groups in total. The first-order chi connectivity index (χ1) is 8.84. The van der Waals surface area contributed by atoms with E-state index < -0.39 is 6.10 Å². The molecule has 0 radical (unpaired) electrons. The highest BCUT2D eigenvalue weighted by atomic mass is 16.3. The van der Waals surface area contributed by atoms with Gasteiger partial charge in [-0.2, -0.15) is 0 Å². The number of hydrogen-bond donors (Lipinski definition) is 1. The van der Waals surface area contributed by atoms with E-state index in [2.05, 4.69) is 17.1 Å². The third-order valence-corrected chi connectivity index (χ3v) is 3.13. The third-order valence-electron chi connectivity index (χ3n) is 3.13. The SMILES string of the molecule is OC(Cn1ccnc1)c1cccc2ccccc12. The van der Waals surface area contributed by atoms with E-state index >= 15 is 0 Å². The first-order valence-corrected chi connectivity index (χ1v) is 5.96. The molecule has 0 saturated carbocycles. The van der Waals surface area contributed by atoms with Crippen LogP contribution in [-0.4, -0.2) is 14.7 Å². The van der Waals surface area contributed by atoms with Crippen LogP contribution in [0.3, 0.4) is 0 Å². The summed E-state index contributed by atoms with van der Waals surface area (Å²) in [6, 6.07) is 14.1. The highest BCUT2D eigenvalue weighted by Crippen LogP contribution is 2.25. The third kappa shape index (κ3) is 2.00. The van der Waals surface area contributed by atoms with Gasteiger partial charge in [0.25, 0.3) is 0 Å². The van der Waals surface area contributed by atoms with Crippen LogP contribution < -0.4 is 0 Å². The highest BCUT2D eigenvalue weighted by molar-refractivity contribution is 5.85. The first kappa shape index (κ1) is 11.0. The Balaban J connectivity index is 1.98. The van der Waals surface area contributed by atoms with Gasteiger partial charge >= 0.3 is 0 Å². The van der Waals surface area contributed by atoms with Gasteiger partial charge in [-0.25, -0.2) is 4.98 Å². The molecule has 0 aliphatic heterocycles. The van der Waals surface area contributed by atoms with Crippen molar-refractivity contribution in [2.45, 2.75) is 12.6 Å². The van der Waals surface area contributed by atoms with Crippen molar-refractivity contribution in [1.29, 1.82) is 0 Å². The monoisotopic (exact) mass is 238 g/mol. The van der Waals surface area contributed by atoms with Crippen LogP contribution in [0.4, 0.5) is 0 Å². The average Bonchev–Trinajstić information content (AvgIpc) is 2.91. The summed E-state index contributed by atoms with van der Waals surface area (Å²) in [5, 5.41) is 12.6. The summed E-state index contributed by atoms with van der Waals surface area (Å²) in [5.74, 6) is 0. The van der Waals surface area contributed by atoms with E-state index in [9.17, 15) is 5.11 Å². The number of aliphatic hydroxyl groups excluding tert-OH is 1. The van der Waals surface area contributed by atoms with Crippen LogP contribution in [0.15, 0.2) is 61.2 Å². The van der Waals surface area contributed by atoms with Crippen LogP contribution in [0, 0.1) is 0 Å². The minimum absolute atomic E-state index is 0.522. The molecular weight excluding hydrogens is 224 g/mol. The van der Waals surface area contributed by atoms with Crippen LogP contribution in [0.2, 0.25) is 0 Å². The number of rotatable bonds is 3. The van der Waals surface area contributed by atoms with E-state index in [4.69, 9.17) is 0 Å². The van der Waals surface area contributed by atoms with E-state index in [1.807, 2.05) is 41.1 Å². The van der Waals surface area contributed by atoms with E-state index in [1.165, 1.54) is 0 Å². The van der Waals surface area contributed by atoms with Crippen LogP contribution in [0.5, 0.6) is 0 Å². The van der Waals surface area contributed by atoms with Crippen molar-refractivity contribution in [2.75, 3.05) is 0 Å². The van der Waals surface area contributed by atoms with Crippen LogP contribution in [0.1, 0.15) is 11.7 Å². The Kier molecular flexibility index (Phi) is 2.82. The molecule has 0 bridgehead atoms. The Morgan fingerprint density at radius 2 is 1.94 bits per heavy atom. The molecule has 3 aromatic rings. The minimum atomic E-state index is -0.523. The van der Waals surface area contributed by atoms with Crippen LogP contribution >= 0.6 is 0 Å². The number of aliphatic hydroxyl groups is 1. The summed E-state index contributed by atoms with van der Waals surface area (Å²) >= 11 is 0. The van der Waals surface area contributed by atoms with Gasteiger partial charge in [0.1, 0.15) is 0 Å². The van der Waals surface area contributed by atoms with Crippen molar-refractivity contribution in [1.82, 2.24) is 9.55 Å². The second-order valence-corrected chi connectivity index (χ2v) is 4.34. The zero-order valence-corrected chi connectivity index (χ0v) is 9.90. The Morgan fingerprint density at radius 1 is 1.11 bits per heavy atom. The normalized spacial score (nSPS) is 12.7. The molecule has 18 heavy (non-hydrogen) atoms. The topological polar surface area (TPSA) is 38.0 Å². The summed E-state index contributed by atoms with van der Waals surface area (Å²) in [4.78, 5) is 3.98. The van der Waals surface area contributed by atoms with Crippen molar-refractivity contribution >= 4 is 10.8 Å². The summed E-state index contributed by atoms with van der Waals surface area (Å²) < 4.78 is 1.88. The Morgan fingerprint density at radius 3 is 2.78 bits per heavy atom. The van der Waals surface area contributed by atoms with E-state index in [0.29, 0.717) is 6.54 Å². The lowest BCUT2D eigenvalue weighted by Crippen LogP contribution is -2.07. The lowest BCUT2D eigenvalue weighted by atomic mass is 10.0. The second kappa shape index (κ2) is 4.63. The van der Waals surface area contributed by atoms with Gasteiger partial charge in [0.05, 0.1) is 19.0 Å². The molecule has 1 heterocycles. The van der Waals surface area contributed by atoms with Gasteiger partial charge in [-0.15, -0.1) is 0 Å². The molecule has 3 heteroatoms. The molecule has 1 unspecified atom stereocenters. The molecule has 0 aliphatic rings. The van der Waals surface area contributed by atoms with Crippen molar-refractivity contribution in [3.63, 3.8) is 0 Å². The zero-order chi connectivity index (χ0) is 12.4. The van der Waals surface area contributed by atoms with Crippen molar-refractivity contribution in [3.8, 4) is 0 Å². The van der Waals surface area contributed by atoms with E-state index in [1.54, 1.807) is 12.5 Å². The predicted molar refractivity (Wildman–Crippen MR) is 71.1 cm³/mol. The number of hydrogen-bond acceptors (Lipinski definition) is 2. The molecule has 0 spiro atoms. The molecule has 0 aliphatic carbocycles. The van der Waals surface area contributed by atoms with Gasteiger partial charge in [-0.1, -0.05) is 42.5 Å². The maximum atomic E-state index is 10.3. The maximum absolute atomic E-state index is 10.3. The molecule has 0 amide bonds. The van der Waals surface area contributed by atoms with E-state index in [0.717, 1.165) is 16.3 Å². The van der Waals surface area contributed by atoms with Gasteiger partial charge in [0, 0.05) is 12.4 Å². The Hall–Kier alpha value is -2.13. The zero-order valence-electron chi connectivity index (χ0n) is 9.90. The molecule has 3 rings (SSSR count). The van der Waals surface area contributed by atoms with Gasteiger partial charge in [0.15, 0.2) is 0 Å². The van der Waals surface area contributed by atoms with Gasteiger partial charge < -0.3 is 9.67 Å². The Labute approximate surface area is 105 Å². The van der Waals surface area contributed by atoms with Gasteiger partial charge in [-0.3, -0.25) is 0 Å². The van der Waals surface area contributed by atoms with Crippen molar-refractivity contribution in [2.24, 2.45) is 0 Å². The fraction of sp³-hybridized carbons (Fsp3) is 0.133. The molecule has 2 aromatic carbocycles. The van der Waals surface area contributed by atoms with Crippen LogP contribution in [-0.2, 0) is 6.54 Å².